The molecule has 19 heteroatoms. The molecule has 18 atom stereocenters. The molecule has 80 heavy (non-hydrogen) atoms. The second kappa shape index (κ2) is 28.0. The van der Waals surface area contributed by atoms with Gasteiger partial charge in [0.1, 0.15) is 23.6 Å². The van der Waals surface area contributed by atoms with Crippen LogP contribution in [-0.4, -0.2) is 164 Å². The number of rotatable bonds is 22. The number of nitrogens with zero attached hydrogens (tertiary/aromatic N) is 1. The van der Waals surface area contributed by atoms with E-state index in [9.17, 15) is 54.6 Å². The maximum atomic E-state index is 17.7. The second-order valence-corrected chi connectivity index (χ2v) is 25.8. The summed E-state index contributed by atoms with van der Waals surface area (Å²) in [6.45, 7) is 18.6. The van der Waals surface area contributed by atoms with Gasteiger partial charge in [0.2, 0.25) is 11.5 Å². The highest BCUT2D eigenvalue weighted by Crippen LogP contribution is 2.72. The van der Waals surface area contributed by atoms with Gasteiger partial charge in [0.05, 0.1) is 43.4 Å². The van der Waals surface area contributed by atoms with Crippen LogP contribution in [0, 0.1) is 46.3 Å². The first-order valence-corrected chi connectivity index (χ1v) is 30.1. The van der Waals surface area contributed by atoms with Gasteiger partial charge in [-0.25, -0.2) is 13.6 Å². The van der Waals surface area contributed by atoms with E-state index in [0.29, 0.717) is 45.6 Å². The Bertz CT molecular complexity index is 2200. The predicted octanol–water partition coefficient (Wildman–Crippen LogP) is 6.65. The van der Waals surface area contributed by atoms with Crippen molar-refractivity contribution in [1.29, 1.82) is 0 Å². The fourth-order valence-corrected chi connectivity index (χ4v) is 15.1. The highest BCUT2D eigenvalue weighted by atomic mass is 19.1. The van der Waals surface area contributed by atoms with Gasteiger partial charge < -0.3 is 55.5 Å². The standard InChI is InChI=1S/C61H101F2N3O14/c1-12-48-59(10,77)53(73)41(6)66(36-37(2)34-58(9,76)52(72)39(4)51(71)40(5)54(74)79-48)30-22-28-65-49(69)23-20-18-16-14-13-15-17-19-21-27-64-29-25-50(70)80-61(55(75)78-11)38(3)31-43-44-33-46(62)45-32-42(67)24-26-56(45,7)60(44,63)47(68)35-57(43,61)8/h24,26,37-41,43-44,47-48,51-53,64,68,71-73,76-77H,12-23,25,27-36H2,1-11H3,(H,65,69)/t37-,38-,39+,40-,41-,43?,44?,47+,48-,51+,52-,53-,56+,57+,58-,59-,60+,61+/m1/s1. The minimum Gasteiger partial charge on any atom is -0.466 e. The number of nitrogens with one attached hydrogen (secondary N) is 2. The average Bonchev–Trinajstić information content (AvgIpc) is 3.65. The summed E-state index contributed by atoms with van der Waals surface area (Å²) in [6, 6.07) is -0.628. The van der Waals surface area contributed by atoms with E-state index in [-0.39, 0.29) is 68.1 Å². The van der Waals surface area contributed by atoms with Gasteiger partial charge in [-0.3, -0.25) is 24.1 Å². The van der Waals surface area contributed by atoms with Crippen LogP contribution in [0.15, 0.2) is 23.6 Å². The number of methoxy groups -OCH3 is 1. The summed E-state index contributed by atoms with van der Waals surface area (Å²) in [4.78, 5) is 67.7. The number of hydrogen-bond donors (Lipinski definition) is 8. The molecule has 2 unspecified atom stereocenters. The number of cyclic esters (lactones) is 1. The molecule has 0 aromatic rings. The number of fused-ring (bicyclic) bond motifs is 5. The van der Waals surface area contributed by atoms with Crippen molar-refractivity contribution in [2.24, 2.45) is 46.3 Å². The summed E-state index contributed by atoms with van der Waals surface area (Å²) < 4.78 is 50.8. The number of aliphatic hydroxyl groups is 6. The van der Waals surface area contributed by atoms with Crippen molar-refractivity contribution >= 4 is 29.6 Å². The molecular weight excluding hydrogens is 1040 g/mol. The molecule has 2 saturated carbocycles. The van der Waals surface area contributed by atoms with Crippen LogP contribution in [-0.2, 0) is 38.2 Å². The minimum atomic E-state index is -2.32. The predicted molar refractivity (Wildman–Crippen MR) is 298 cm³/mol. The van der Waals surface area contributed by atoms with Crippen LogP contribution >= 0.6 is 0 Å². The molecule has 458 valence electrons. The van der Waals surface area contributed by atoms with Crippen molar-refractivity contribution in [2.45, 2.75) is 244 Å². The molecule has 1 amide bonds. The summed E-state index contributed by atoms with van der Waals surface area (Å²) in [7, 11) is 1.21. The molecule has 1 saturated heterocycles. The Balaban J connectivity index is 0.970. The minimum absolute atomic E-state index is 0.0323. The Morgan fingerprint density at radius 1 is 0.825 bits per heavy atom. The Morgan fingerprint density at radius 3 is 2.08 bits per heavy atom. The number of ketones is 1. The van der Waals surface area contributed by atoms with E-state index < -0.39 is 123 Å². The Hall–Kier alpha value is -3.43. The Kier molecular flexibility index (Phi) is 23.6. The molecule has 5 aliphatic rings. The van der Waals surface area contributed by atoms with Gasteiger partial charge in [0.25, 0.3) is 0 Å². The van der Waals surface area contributed by atoms with Gasteiger partial charge in [-0.15, -0.1) is 0 Å². The highest BCUT2D eigenvalue weighted by Gasteiger charge is 2.78. The molecule has 17 nitrogen and oxygen atoms in total. The van der Waals surface area contributed by atoms with Crippen molar-refractivity contribution in [3.05, 3.63) is 23.6 Å². The third-order valence-electron chi connectivity index (χ3n) is 19.9. The number of halogens is 2. The first-order chi connectivity index (χ1) is 37.4. The van der Waals surface area contributed by atoms with Crippen LogP contribution in [0.25, 0.3) is 0 Å². The molecule has 1 heterocycles. The van der Waals surface area contributed by atoms with Crippen molar-refractivity contribution in [3.63, 3.8) is 0 Å². The van der Waals surface area contributed by atoms with E-state index in [2.05, 4.69) is 10.6 Å². The van der Waals surface area contributed by atoms with Crippen LogP contribution in [0.2, 0.25) is 0 Å². The number of aliphatic hydroxyl groups excluding tert-OH is 4. The largest absolute Gasteiger partial charge is 0.466 e. The lowest BCUT2D eigenvalue weighted by Gasteiger charge is -2.62. The van der Waals surface area contributed by atoms with E-state index in [1.165, 1.54) is 47.0 Å². The van der Waals surface area contributed by atoms with E-state index in [1.54, 1.807) is 34.6 Å². The fourth-order valence-electron chi connectivity index (χ4n) is 15.1. The van der Waals surface area contributed by atoms with Crippen LogP contribution in [0.5, 0.6) is 0 Å². The zero-order valence-electron chi connectivity index (χ0n) is 50.0. The van der Waals surface area contributed by atoms with E-state index in [1.807, 2.05) is 11.8 Å². The van der Waals surface area contributed by atoms with Crippen LogP contribution < -0.4 is 10.6 Å². The molecule has 0 aromatic heterocycles. The maximum Gasteiger partial charge on any atom is 0.351 e. The highest BCUT2D eigenvalue weighted by molar-refractivity contribution is 5.94. The normalized spacial score (nSPS) is 40.0. The summed E-state index contributed by atoms with van der Waals surface area (Å²) in [6.07, 6.45) is 5.46. The first-order valence-electron chi connectivity index (χ1n) is 30.1. The van der Waals surface area contributed by atoms with Crippen molar-refractivity contribution in [3.8, 4) is 0 Å². The lowest BCUT2D eigenvalue weighted by molar-refractivity contribution is -0.234. The van der Waals surface area contributed by atoms with E-state index in [0.717, 1.165) is 57.8 Å². The zero-order chi connectivity index (χ0) is 59.8. The van der Waals surface area contributed by atoms with Crippen LogP contribution in [0.3, 0.4) is 0 Å². The Morgan fingerprint density at radius 2 is 1.45 bits per heavy atom. The number of allylic oxidation sites excluding steroid dienone is 4. The second-order valence-electron chi connectivity index (χ2n) is 25.8. The van der Waals surface area contributed by atoms with E-state index >= 15 is 8.78 Å². The molecular formula is C61H101F2N3O14. The summed E-state index contributed by atoms with van der Waals surface area (Å²) >= 11 is 0. The number of alkyl halides is 1. The lowest BCUT2D eigenvalue weighted by Crippen LogP contribution is -2.70. The lowest BCUT2D eigenvalue weighted by atomic mass is 9.45. The molecule has 8 N–H and O–H groups in total. The van der Waals surface area contributed by atoms with Crippen LogP contribution in [0.1, 0.15) is 185 Å². The van der Waals surface area contributed by atoms with Gasteiger partial charge in [-0.05, 0) is 110 Å². The monoisotopic (exact) mass is 1140 g/mol. The molecule has 0 aromatic carbocycles. The van der Waals surface area contributed by atoms with Crippen LogP contribution in [0.4, 0.5) is 8.78 Å². The quantitative estimate of drug-likeness (QED) is 0.0321. The zero-order valence-corrected chi connectivity index (χ0v) is 50.0. The molecule has 0 spiro atoms. The fraction of sp³-hybridized carbons (Fsp3) is 0.852. The summed E-state index contributed by atoms with van der Waals surface area (Å²) in [5.74, 6) is -7.62. The third kappa shape index (κ3) is 14.0. The maximum absolute atomic E-state index is 17.7. The van der Waals surface area contributed by atoms with Crippen molar-refractivity contribution < 1.29 is 77.6 Å². The van der Waals surface area contributed by atoms with Crippen molar-refractivity contribution in [1.82, 2.24) is 15.5 Å². The summed E-state index contributed by atoms with van der Waals surface area (Å²) in [5, 5.41) is 75.0. The van der Waals surface area contributed by atoms with Gasteiger partial charge in [0, 0.05) is 80.1 Å². The topological polar surface area (TPSA) is 262 Å². The van der Waals surface area contributed by atoms with Gasteiger partial charge in [-0.1, -0.05) is 85.6 Å². The van der Waals surface area contributed by atoms with Gasteiger partial charge in [-0.2, -0.15) is 0 Å². The molecule has 3 fully saturated rings. The average molecular weight is 1140 g/mol. The molecule has 0 bridgehead atoms. The number of carbonyl (C=O) groups excluding carboxylic acids is 5. The third-order valence-corrected chi connectivity index (χ3v) is 19.9. The number of carbonyl (C=O) groups is 5. The molecule has 4 aliphatic carbocycles. The first kappa shape index (κ1) is 67.4. The number of ether oxygens (including phenoxy) is 3. The molecule has 5 rings (SSSR count). The van der Waals surface area contributed by atoms with E-state index in [4.69, 9.17) is 14.2 Å². The number of esters is 3. The van der Waals surface area contributed by atoms with Crippen molar-refractivity contribution in [2.75, 3.05) is 39.8 Å². The molecule has 1 aliphatic heterocycles. The van der Waals surface area contributed by atoms with Gasteiger partial charge >= 0.3 is 17.9 Å². The summed E-state index contributed by atoms with van der Waals surface area (Å²) in [5.41, 5.74) is -10.4. The van der Waals surface area contributed by atoms with Gasteiger partial charge in [0.15, 0.2) is 11.5 Å². The number of hydrogen-bond acceptors (Lipinski definition) is 16. The molecule has 0 radical (unpaired) electrons. The SMILES string of the molecule is CC[C@H]1OC(=O)[C@H](C)[C@@H](O)[C@H](C)[C@@H](O)[C@](C)(O)C[C@@H](C)CN(CCCNC(=O)CCCCCCCCCCCNCCC(=O)O[C@]2(C(=O)OC)[C@H](C)CC3C4CC(F)=C5CC(=O)C=C[C@]5(C)[C@@]4(F)[C@@H](O)C[C@@]32C)[C@H](C)[C@@H](O)[C@]1(C)O. The number of unbranched alkanes of at least 4 members (excludes halogenated alkanes) is 8. The smallest absolute Gasteiger partial charge is 0.351 e. The Labute approximate surface area is 474 Å². The number of amides is 1.